The van der Waals surface area contributed by atoms with Crippen LogP contribution in [0.1, 0.15) is 58.8 Å². The van der Waals surface area contributed by atoms with Gasteiger partial charge in [0.05, 0.1) is 20.0 Å². The minimum Gasteiger partial charge on any atom is -0.501 e. The first-order valence-electron chi connectivity index (χ1n) is 13.6. The number of ether oxygens (including phenoxy) is 2. The Labute approximate surface area is 223 Å². The van der Waals surface area contributed by atoms with Gasteiger partial charge in [-0.2, -0.15) is 0 Å². The Hall–Kier alpha value is -2.87. The highest BCUT2D eigenvalue weighted by Gasteiger charge is 2.28. The van der Waals surface area contributed by atoms with E-state index in [4.69, 9.17) is 14.5 Å². The van der Waals surface area contributed by atoms with Gasteiger partial charge in [0, 0.05) is 57.9 Å². The van der Waals surface area contributed by atoms with Crippen LogP contribution in [0, 0.1) is 0 Å². The van der Waals surface area contributed by atoms with Gasteiger partial charge in [-0.25, -0.2) is 9.98 Å². The molecule has 2 aliphatic heterocycles. The smallest absolute Gasteiger partial charge is 0.226 e. The van der Waals surface area contributed by atoms with Crippen LogP contribution in [0.4, 0.5) is 0 Å². The minimum absolute atomic E-state index is 0.148. The monoisotopic (exact) mass is 511 g/mol. The molecule has 3 aliphatic rings. The van der Waals surface area contributed by atoms with Crippen LogP contribution in [0.5, 0.6) is 0 Å². The number of carbonyl (C=O) groups is 1. The van der Waals surface area contributed by atoms with E-state index >= 15 is 0 Å². The second-order valence-electron chi connectivity index (χ2n) is 10.1. The van der Waals surface area contributed by atoms with Crippen LogP contribution in [0.2, 0.25) is 0 Å². The molecule has 0 atom stereocenters. The molecule has 0 aromatic carbocycles. The van der Waals surface area contributed by atoms with E-state index in [0.29, 0.717) is 18.7 Å². The number of nitrogens with zero attached hydrogens (tertiary/aromatic N) is 5. The van der Waals surface area contributed by atoms with Gasteiger partial charge < -0.3 is 19.3 Å². The maximum Gasteiger partial charge on any atom is 0.226 e. The molecule has 37 heavy (non-hydrogen) atoms. The molecule has 0 aromatic rings. The van der Waals surface area contributed by atoms with Crippen molar-refractivity contribution in [3.05, 3.63) is 47.1 Å². The molecule has 3 rings (SSSR count). The lowest BCUT2D eigenvalue weighted by molar-refractivity contribution is -0.130. The Kier molecular flexibility index (Phi) is 11.5. The molecule has 0 N–H and O–H groups in total. The van der Waals surface area contributed by atoms with Gasteiger partial charge in [0.1, 0.15) is 5.76 Å². The lowest BCUT2D eigenvalue weighted by atomic mass is 9.91. The van der Waals surface area contributed by atoms with Gasteiger partial charge in [-0.15, -0.1) is 0 Å². The maximum absolute atomic E-state index is 13.0. The summed E-state index contributed by atoms with van der Waals surface area (Å²) in [6.45, 7) is 13.2. The Morgan fingerprint density at radius 2 is 1.73 bits per heavy atom. The van der Waals surface area contributed by atoms with Crippen molar-refractivity contribution in [3.63, 3.8) is 0 Å². The van der Waals surface area contributed by atoms with Crippen LogP contribution >= 0.6 is 0 Å². The molecular formula is C29H45N5O3. The predicted octanol–water partition coefficient (Wildman–Crippen LogP) is 4.53. The van der Waals surface area contributed by atoms with Gasteiger partial charge in [-0.05, 0) is 76.5 Å². The van der Waals surface area contributed by atoms with Crippen molar-refractivity contribution < 1.29 is 14.3 Å². The van der Waals surface area contributed by atoms with Crippen LogP contribution in [-0.4, -0.2) is 92.8 Å². The fourth-order valence-electron chi connectivity index (χ4n) is 4.89. The lowest BCUT2D eigenvalue weighted by Crippen LogP contribution is -2.53. The number of piperazine rings is 1. The largest absolute Gasteiger partial charge is 0.501 e. The van der Waals surface area contributed by atoms with Crippen molar-refractivity contribution in [1.82, 2.24) is 14.7 Å². The molecule has 0 bridgehead atoms. The summed E-state index contributed by atoms with van der Waals surface area (Å²) in [7, 11) is 3.26. The van der Waals surface area contributed by atoms with E-state index < -0.39 is 0 Å². The lowest BCUT2D eigenvalue weighted by Gasteiger charge is -2.43. The first-order valence-corrected chi connectivity index (χ1v) is 13.6. The molecule has 8 heteroatoms. The molecule has 3 fully saturated rings. The van der Waals surface area contributed by atoms with Crippen molar-refractivity contribution in [1.29, 1.82) is 0 Å². The average molecular weight is 512 g/mol. The number of hydrogen-bond donors (Lipinski definition) is 0. The SMILES string of the molecule is C=NC(=N/C=C1\CCCN(C(=O)C/C(C)=C/C(=C\C=C(/C)OC)OC)CC1)N1CCN(C2CCC2)CC1. The highest BCUT2D eigenvalue weighted by Crippen LogP contribution is 2.25. The predicted molar refractivity (Wildman–Crippen MR) is 151 cm³/mol. The summed E-state index contributed by atoms with van der Waals surface area (Å²) in [4.78, 5) is 28.8. The molecule has 1 aliphatic carbocycles. The molecular weight excluding hydrogens is 466 g/mol. The summed E-state index contributed by atoms with van der Waals surface area (Å²) in [6.07, 6.45) is 14.7. The summed E-state index contributed by atoms with van der Waals surface area (Å²) in [5.74, 6) is 2.35. The van der Waals surface area contributed by atoms with E-state index in [9.17, 15) is 4.79 Å². The topological polar surface area (TPSA) is 70.0 Å². The van der Waals surface area contributed by atoms with Gasteiger partial charge in [0.15, 0.2) is 0 Å². The third-order valence-electron chi connectivity index (χ3n) is 7.53. The second-order valence-corrected chi connectivity index (χ2v) is 10.1. The zero-order chi connectivity index (χ0) is 26.6. The summed E-state index contributed by atoms with van der Waals surface area (Å²) in [6, 6.07) is 0.790. The number of carbonyl (C=O) groups excluding carboxylic acids is 1. The zero-order valence-electron chi connectivity index (χ0n) is 23.2. The zero-order valence-corrected chi connectivity index (χ0v) is 23.2. The summed E-state index contributed by atoms with van der Waals surface area (Å²) < 4.78 is 10.6. The van der Waals surface area contributed by atoms with Crippen LogP contribution in [0.15, 0.2) is 57.1 Å². The number of hydrogen-bond acceptors (Lipinski definition) is 5. The molecule has 204 valence electrons. The average Bonchev–Trinajstić information content (AvgIpc) is 3.12. The molecule has 0 unspecified atom stereocenters. The standard InChI is InChI=1S/C29H45N5O3/c1-23(20-27(37-5)12-11-24(2)36-4)21-28(35)33-14-7-8-25(13-15-33)22-31-29(30-3)34-18-16-32(17-19-34)26-9-6-10-26/h11-12,20,22,26H,3,6-10,13-19,21H2,1-2,4-5H3/b23-20+,24-11+,25-22+,27-12+,31-29?. The summed E-state index contributed by atoms with van der Waals surface area (Å²) >= 11 is 0. The number of methoxy groups -OCH3 is 2. The summed E-state index contributed by atoms with van der Waals surface area (Å²) in [5.41, 5.74) is 2.23. The number of guanidine groups is 1. The van der Waals surface area contributed by atoms with E-state index in [-0.39, 0.29) is 5.91 Å². The van der Waals surface area contributed by atoms with E-state index in [1.54, 1.807) is 14.2 Å². The molecule has 2 heterocycles. The Morgan fingerprint density at radius 3 is 2.35 bits per heavy atom. The number of amides is 1. The third-order valence-corrected chi connectivity index (χ3v) is 7.53. The van der Waals surface area contributed by atoms with E-state index in [0.717, 1.165) is 75.3 Å². The number of rotatable bonds is 8. The normalized spacial score (nSPS) is 22.5. The van der Waals surface area contributed by atoms with Crippen molar-refractivity contribution in [2.75, 3.05) is 53.5 Å². The van der Waals surface area contributed by atoms with Crippen molar-refractivity contribution in [2.45, 2.75) is 64.8 Å². The molecule has 1 saturated carbocycles. The van der Waals surface area contributed by atoms with Crippen molar-refractivity contribution >= 4 is 18.6 Å². The van der Waals surface area contributed by atoms with Crippen LogP contribution in [0.3, 0.4) is 0 Å². The highest BCUT2D eigenvalue weighted by atomic mass is 16.5. The van der Waals surface area contributed by atoms with Crippen molar-refractivity contribution in [2.24, 2.45) is 9.98 Å². The van der Waals surface area contributed by atoms with Gasteiger partial charge in [0.25, 0.3) is 0 Å². The molecule has 1 amide bonds. The third kappa shape index (κ3) is 8.88. The Morgan fingerprint density at radius 1 is 0.973 bits per heavy atom. The first kappa shape index (κ1) is 28.7. The molecule has 0 spiro atoms. The van der Waals surface area contributed by atoms with Gasteiger partial charge in [0.2, 0.25) is 11.9 Å². The van der Waals surface area contributed by atoms with Crippen molar-refractivity contribution in [3.8, 4) is 0 Å². The molecule has 0 radical (unpaired) electrons. The Balaban J connectivity index is 1.51. The van der Waals surface area contributed by atoms with Gasteiger partial charge in [-0.1, -0.05) is 12.0 Å². The number of aliphatic imine (C=N–C) groups is 2. The number of allylic oxidation sites excluding steroid dienone is 4. The van der Waals surface area contributed by atoms with Crippen LogP contribution < -0.4 is 0 Å². The molecule has 0 aromatic heterocycles. The van der Waals surface area contributed by atoms with Crippen LogP contribution in [0.25, 0.3) is 0 Å². The number of likely N-dealkylation sites (tertiary alicyclic amines) is 1. The van der Waals surface area contributed by atoms with E-state index in [1.165, 1.54) is 24.8 Å². The fraction of sp³-hybridized carbons (Fsp3) is 0.621. The molecule has 8 nitrogen and oxygen atoms in total. The van der Waals surface area contributed by atoms with E-state index in [1.807, 2.05) is 43.2 Å². The molecule has 2 saturated heterocycles. The summed E-state index contributed by atoms with van der Waals surface area (Å²) in [5, 5.41) is 0. The van der Waals surface area contributed by atoms with E-state index in [2.05, 4.69) is 21.5 Å². The van der Waals surface area contributed by atoms with Crippen LogP contribution in [-0.2, 0) is 14.3 Å². The van der Waals surface area contributed by atoms with Gasteiger partial charge in [-0.3, -0.25) is 9.69 Å². The first-order chi connectivity index (χ1) is 17.9. The fourth-order valence-corrected chi connectivity index (χ4v) is 4.89. The van der Waals surface area contributed by atoms with Gasteiger partial charge >= 0.3 is 0 Å². The minimum atomic E-state index is 0.148. The second kappa shape index (κ2) is 14.8. The maximum atomic E-state index is 13.0. The quantitative estimate of drug-likeness (QED) is 0.207. The highest BCUT2D eigenvalue weighted by molar-refractivity contribution is 5.84. The Bertz CT molecular complexity index is 937.